The maximum absolute atomic E-state index is 13.6. The van der Waals surface area contributed by atoms with E-state index in [9.17, 15) is 19.2 Å². The quantitative estimate of drug-likeness (QED) is 0.492. The molecule has 0 aliphatic heterocycles. The third-order valence-corrected chi connectivity index (χ3v) is 4.64. The number of hydrogen-bond donors (Lipinski definition) is 3. The molecule has 9 nitrogen and oxygen atoms in total. The molecule has 184 valence electrons. The van der Waals surface area contributed by atoms with Gasteiger partial charge in [-0.25, -0.2) is 4.79 Å². The van der Waals surface area contributed by atoms with Crippen LogP contribution in [0, 0.1) is 6.92 Å². The molecule has 0 bridgehead atoms. The van der Waals surface area contributed by atoms with E-state index in [0.717, 1.165) is 5.56 Å². The first-order valence-corrected chi connectivity index (χ1v) is 11.2. The molecule has 1 aromatic rings. The van der Waals surface area contributed by atoms with Crippen LogP contribution in [0.2, 0.25) is 0 Å². The zero-order valence-corrected chi connectivity index (χ0v) is 20.7. The average Bonchev–Trinajstić information content (AvgIpc) is 2.66. The molecule has 4 amide bonds. The van der Waals surface area contributed by atoms with Gasteiger partial charge in [0.1, 0.15) is 17.7 Å². The van der Waals surface area contributed by atoms with Crippen LogP contribution < -0.4 is 16.4 Å². The summed E-state index contributed by atoms with van der Waals surface area (Å²) in [6, 6.07) is 5.21. The van der Waals surface area contributed by atoms with Crippen LogP contribution >= 0.6 is 0 Å². The Morgan fingerprint density at radius 2 is 1.76 bits per heavy atom. The molecule has 0 saturated heterocycles. The van der Waals surface area contributed by atoms with Crippen LogP contribution in [0.5, 0.6) is 0 Å². The van der Waals surface area contributed by atoms with E-state index in [1.807, 2.05) is 39.0 Å². The van der Waals surface area contributed by atoms with Crippen molar-refractivity contribution in [1.29, 1.82) is 0 Å². The molecule has 9 heteroatoms. The summed E-state index contributed by atoms with van der Waals surface area (Å²) in [6.45, 7) is 12.6. The number of nitrogens with zero attached hydrogens (tertiary/aromatic N) is 1. The molecule has 0 aliphatic carbocycles. The number of carbonyl (C=O) groups excluding carboxylic acids is 4. The van der Waals surface area contributed by atoms with Crippen molar-refractivity contribution in [3.8, 4) is 0 Å². The summed E-state index contributed by atoms with van der Waals surface area (Å²) in [4.78, 5) is 52.0. The van der Waals surface area contributed by atoms with Gasteiger partial charge >= 0.3 is 6.09 Å². The summed E-state index contributed by atoms with van der Waals surface area (Å²) in [5, 5.41) is 5.42. The highest BCUT2D eigenvalue weighted by molar-refractivity contribution is 5.92. The maximum Gasteiger partial charge on any atom is 0.408 e. The Hall–Kier alpha value is -3.10. The number of rotatable bonds is 10. The van der Waals surface area contributed by atoms with Crippen molar-refractivity contribution in [2.75, 3.05) is 6.54 Å². The minimum Gasteiger partial charge on any atom is -0.444 e. The molecule has 0 heterocycles. The van der Waals surface area contributed by atoms with E-state index < -0.39 is 35.6 Å². The second-order valence-electron chi connectivity index (χ2n) is 9.31. The standard InChI is InChI=1S/C24H38N4O5/c1-8-28(20(21(30)26-15(2)3)17-11-9-10-16(4)14-17)22(31)18(12-13-19(25)29)27-23(32)33-24(5,6)7/h9-11,14-15,18,20H,8,12-13H2,1-7H3,(H2,25,29)(H,26,30)(H,27,32). The highest BCUT2D eigenvalue weighted by atomic mass is 16.6. The van der Waals surface area contributed by atoms with E-state index in [-0.39, 0.29) is 31.3 Å². The van der Waals surface area contributed by atoms with Crippen LogP contribution in [0.3, 0.4) is 0 Å². The number of amides is 4. The van der Waals surface area contributed by atoms with Gasteiger partial charge in [-0.3, -0.25) is 14.4 Å². The molecule has 0 radical (unpaired) electrons. The van der Waals surface area contributed by atoms with Gasteiger partial charge in [0.25, 0.3) is 0 Å². The first-order valence-electron chi connectivity index (χ1n) is 11.2. The fourth-order valence-corrected chi connectivity index (χ4v) is 3.34. The third kappa shape index (κ3) is 9.51. The van der Waals surface area contributed by atoms with Crippen molar-refractivity contribution >= 4 is 23.8 Å². The fourth-order valence-electron chi connectivity index (χ4n) is 3.34. The number of nitrogens with two attached hydrogens (primary N) is 1. The Morgan fingerprint density at radius 3 is 2.24 bits per heavy atom. The topological polar surface area (TPSA) is 131 Å². The molecule has 4 N–H and O–H groups in total. The van der Waals surface area contributed by atoms with Crippen molar-refractivity contribution in [1.82, 2.24) is 15.5 Å². The van der Waals surface area contributed by atoms with Crippen molar-refractivity contribution in [2.24, 2.45) is 5.73 Å². The van der Waals surface area contributed by atoms with E-state index in [2.05, 4.69) is 10.6 Å². The molecule has 0 fully saturated rings. The summed E-state index contributed by atoms with van der Waals surface area (Å²) in [7, 11) is 0. The van der Waals surface area contributed by atoms with Crippen LogP contribution in [-0.4, -0.2) is 52.9 Å². The lowest BCUT2D eigenvalue weighted by molar-refractivity contribution is -0.142. The van der Waals surface area contributed by atoms with Crippen molar-refractivity contribution in [2.45, 2.75) is 85.0 Å². The Bertz CT molecular complexity index is 848. The molecule has 0 saturated carbocycles. The highest BCUT2D eigenvalue weighted by Crippen LogP contribution is 2.24. The van der Waals surface area contributed by atoms with Gasteiger partial charge < -0.3 is 26.0 Å². The van der Waals surface area contributed by atoms with E-state index in [0.29, 0.717) is 5.56 Å². The number of hydrogen-bond acceptors (Lipinski definition) is 5. The lowest BCUT2D eigenvalue weighted by Crippen LogP contribution is -2.53. The number of alkyl carbamates (subject to hydrolysis) is 1. The van der Waals surface area contributed by atoms with Crippen molar-refractivity contribution < 1.29 is 23.9 Å². The number of carbonyl (C=O) groups is 4. The number of benzene rings is 1. The van der Waals surface area contributed by atoms with Gasteiger partial charge in [0.2, 0.25) is 17.7 Å². The second-order valence-corrected chi connectivity index (χ2v) is 9.31. The van der Waals surface area contributed by atoms with Gasteiger partial charge in [-0.2, -0.15) is 0 Å². The van der Waals surface area contributed by atoms with Crippen LogP contribution in [0.4, 0.5) is 4.79 Å². The molecule has 33 heavy (non-hydrogen) atoms. The van der Waals surface area contributed by atoms with Crippen molar-refractivity contribution in [3.63, 3.8) is 0 Å². The molecule has 2 unspecified atom stereocenters. The van der Waals surface area contributed by atoms with Gasteiger partial charge in [0, 0.05) is 19.0 Å². The van der Waals surface area contributed by atoms with Crippen LogP contribution in [0.1, 0.15) is 71.6 Å². The van der Waals surface area contributed by atoms with E-state index in [4.69, 9.17) is 10.5 Å². The Labute approximate surface area is 196 Å². The number of likely N-dealkylation sites (N-methyl/N-ethyl adjacent to an activating group) is 1. The minimum absolute atomic E-state index is 0.0176. The number of nitrogens with one attached hydrogen (secondary N) is 2. The fraction of sp³-hybridized carbons (Fsp3) is 0.583. The largest absolute Gasteiger partial charge is 0.444 e. The average molecular weight is 463 g/mol. The summed E-state index contributed by atoms with van der Waals surface area (Å²) in [5.41, 5.74) is 6.10. The SMILES string of the molecule is CCN(C(=O)C(CCC(N)=O)NC(=O)OC(C)(C)C)C(C(=O)NC(C)C)c1cccc(C)c1. The van der Waals surface area contributed by atoms with Gasteiger partial charge in [-0.1, -0.05) is 29.8 Å². The van der Waals surface area contributed by atoms with Gasteiger partial charge in [-0.05, 0) is 60.5 Å². The van der Waals surface area contributed by atoms with Crippen molar-refractivity contribution in [3.05, 3.63) is 35.4 Å². The molecule has 0 aromatic heterocycles. The second kappa shape index (κ2) is 12.2. The van der Waals surface area contributed by atoms with Gasteiger partial charge in [0.15, 0.2) is 0 Å². The van der Waals surface area contributed by atoms with Crippen LogP contribution in [0.15, 0.2) is 24.3 Å². The number of primary amides is 1. The smallest absolute Gasteiger partial charge is 0.408 e. The first kappa shape index (κ1) is 27.9. The molecule has 0 aliphatic rings. The normalized spacial score (nSPS) is 13.1. The Kier molecular flexibility index (Phi) is 10.3. The Morgan fingerprint density at radius 1 is 1.12 bits per heavy atom. The summed E-state index contributed by atoms with van der Waals surface area (Å²) in [6.07, 6.45) is -0.923. The van der Waals surface area contributed by atoms with E-state index in [1.165, 1.54) is 4.90 Å². The predicted octanol–water partition coefficient (Wildman–Crippen LogP) is 2.57. The molecule has 2 atom stereocenters. The summed E-state index contributed by atoms with van der Waals surface area (Å²) >= 11 is 0. The summed E-state index contributed by atoms with van der Waals surface area (Å²) < 4.78 is 5.28. The zero-order chi connectivity index (χ0) is 25.3. The van der Waals surface area contributed by atoms with Gasteiger partial charge in [0.05, 0.1) is 0 Å². The van der Waals surface area contributed by atoms with Crippen LogP contribution in [-0.2, 0) is 19.1 Å². The van der Waals surface area contributed by atoms with Gasteiger partial charge in [-0.15, -0.1) is 0 Å². The predicted molar refractivity (Wildman–Crippen MR) is 126 cm³/mol. The third-order valence-electron chi connectivity index (χ3n) is 4.64. The minimum atomic E-state index is -1.09. The molecular weight excluding hydrogens is 424 g/mol. The highest BCUT2D eigenvalue weighted by Gasteiger charge is 2.35. The zero-order valence-electron chi connectivity index (χ0n) is 20.7. The molecule has 1 rings (SSSR count). The molecule has 1 aromatic carbocycles. The Balaban J connectivity index is 3.34. The lowest BCUT2D eigenvalue weighted by Gasteiger charge is -2.34. The van der Waals surface area contributed by atoms with E-state index in [1.54, 1.807) is 33.8 Å². The lowest BCUT2D eigenvalue weighted by atomic mass is 10.00. The van der Waals surface area contributed by atoms with Crippen LogP contribution in [0.25, 0.3) is 0 Å². The monoisotopic (exact) mass is 462 g/mol. The summed E-state index contributed by atoms with van der Waals surface area (Å²) in [5.74, 6) is -1.44. The number of aryl methyl sites for hydroxylation is 1. The number of ether oxygens (including phenoxy) is 1. The van der Waals surface area contributed by atoms with E-state index >= 15 is 0 Å². The first-order chi connectivity index (χ1) is 15.2. The molecule has 0 spiro atoms. The molecular formula is C24H38N4O5. The maximum atomic E-state index is 13.6.